The molecule has 0 atom stereocenters. The van der Waals surface area contributed by atoms with Crippen LogP contribution in [0.25, 0.3) is 0 Å². The standard InChI is InChI=1S/C16H6F5NOS/c17-13-7-11(8-14(18)15(13)24-9-22)2-1-10-3-5-12(6-4-10)23-16(19,20)21/h3-8H. The van der Waals surface area contributed by atoms with Crippen molar-refractivity contribution in [1.82, 2.24) is 0 Å². The van der Waals surface area contributed by atoms with Crippen molar-refractivity contribution >= 4 is 11.8 Å². The lowest BCUT2D eigenvalue weighted by Gasteiger charge is -2.07. The first-order chi connectivity index (χ1) is 11.3. The van der Waals surface area contributed by atoms with Crippen LogP contribution in [-0.2, 0) is 0 Å². The van der Waals surface area contributed by atoms with Crippen molar-refractivity contribution in [2.75, 3.05) is 0 Å². The predicted molar refractivity (Wildman–Crippen MR) is 76.9 cm³/mol. The van der Waals surface area contributed by atoms with Crippen LogP contribution in [0.3, 0.4) is 0 Å². The van der Waals surface area contributed by atoms with Crippen LogP contribution in [0.4, 0.5) is 22.0 Å². The Morgan fingerprint density at radius 2 is 1.46 bits per heavy atom. The smallest absolute Gasteiger partial charge is 0.406 e. The molecule has 0 unspecified atom stereocenters. The monoisotopic (exact) mass is 355 g/mol. The lowest BCUT2D eigenvalue weighted by atomic mass is 10.1. The molecule has 0 aromatic heterocycles. The number of hydrogen-bond acceptors (Lipinski definition) is 3. The van der Waals surface area contributed by atoms with Gasteiger partial charge in [-0.15, -0.1) is 13.2 Å². The Morgan fingerprint density at radius 3 is 1.96 bits per heavy atom. The van der Waals surface area contributed by atoms with Crippen LogP contribution in [0.5, 0.6) is 5.75 Å². The summed E-state index contributed by atoms with van der Waals surface area (Å²) in [6.07, 6.45) is -4.79. The first-order valence-electron chi connectivity index (χ1n) is 6.21. The van der Waals surface area contributed by atoms with E-state index in [9.17, 15) is 22.0 Å². The number of ether oxygens (including phenoxy) is 1. The van der Waals surface area contributed by atoms with E-state index in [-0.39, 0.29) is 5.56 Å². The molecular formula is C16H6F5NOS. The molecule has 0 bridgehead atoms. The van der Waals surface area contributed by atoms with Gasteiger partial charge in [0.2, 0.25) is 0 Å². The van der Waals surface area contributed by atoms with Gasteiger partial charge in [0.25, 0.3) is 0 Å². The summed E-state index contributed by atoms with van der Waals surface area (Å²) < 4.78 is 67.1. The Kier molecular flexibility index (Phi) is 5.32. The molecule has 0 saturated carbocycles. The van der Waals surface area contributed by atoms with E-state index in [4.69, 9.17) is 5.26 Å². The summed E-state index contributed by atoms with van der Waals surface area (Å²) in [6, 6.07) is 6.64. The van der Waals surface area contributed by atoms with Crippen molar-refractivity contribution in [3.8, 4) is 23.0 Å². The molecular weight excluding hydrogens is 349 g/mol. The molecule has 0 heterocycles. The molecule has 2 rings (SSSR count). The maximum Gasteiger partial charge on any atom is 0.573 e. The van der Waals surface area contributed by atoms with Gasteiger partial charge >= 0.3 is 6.36 Å². The van der Waals surface area contributed by atoms with Crippen molar-refractivity contribution in [2.45, 2.75) is 11.3 Å². The Balaban J connectivity index is 2.20. The van der Waals surface area contributed by atoms with Gasteiger partial charge in [0.1, 0.15) is 22.8 Å². The SMILES string of the molecule is N#CSc1c(F)cc(C#Cc2ccc(OC(F)(F)F)cc2)cc1F. The number of hydrogen-bond donors (Lipinski definition) is 0. The van der Waals surface area contributed by atoms with E-state index in [0.29, 0.717) is 17.3 Å². The molecule has 2 aromatic rings. The molecule has 0 saturated heterocycles. The fourth-order valence-electron chi connectivity index (χ4n) is 1.66. The number of nitriles is 1. The molecule has 0 spiro atoms. The molecule has 122 valence electrons. The molecule has 24 heavy (non-hydrogen) atoms. The first kappa shape index (κ1) is 17.6. The van der Waals surface area contributed by atoms with Crippen LogP contribution in [-0.4, -0.2) is 6.36 Å². The van der Waals surface area contributed by atoms with E-state index in [0.717, 1.165) is 24.3 Å². The Morgan fingerprint density at radius 1 is 0.917 bits per heavy atom. The highest BCUT2D eigenvalue weighted by molar-refractivity contribution is 8.03. The maximum absolute atomic E-state index is 13.6. The summed E-state index contributed by atoms with van der Waals surface area (Å²) in [5.41, 5.74) is 0.365. The molecule has 0 fully saturated rings. The van der Waals surface area contributed by atoms with Gasteiger partial charge in [-0.2, -0.15) is 5.26 Å². The van der Waals surface area contributed by atoms with Crippen molar-refractivity contribution in [3.05, 3.63) is 59.2 Å². The third-order valence-corrected chi connectivity index (χ3v) is 3.27. The largest absolute Gasteiger partial charge is 0.573 e. The number of alkyl halides is 3. The van der Waals surface area contributed by atoms with Gasteiger partial charge in [0.15, 0.2) is 0 Å². The summed E-state index contributed by atoms with van der Waals surface area (Å²) in [5, 5.41) is 10.0. The van der Waals surface area contributed by atoms with Gasteiger partial charge < -0.3 is 4.74 Å². The van der Waals surface area contributed by atoms with Gasteiger partial charge in [-0.1, -0.05) is 11.8 Å². The quantitative estimate of drug-likeness (QED) is 0.335. The lowest BCUT2D eigenvalue weighted by molar-refractivity contribution is -0.274. The first-order valence-corrected chi connectivity index (χ1v) is 7.03. The number of halogens is 5. The fraction of sp³-hybridized carbons (Fsp3) is 0.0625. The summed E-state index contributed by atoms with van der Waals surface area (Å²) >= 11 is 0.359. The Hall–Kier alpha value is -2.71. The normalized spacial score (nSPS) is 10.5. The summed E-state index contributed by atoms with van der Waals surface area (Å²) in [5.74, 6) is 2.83. The zero-order chi connectivity index (χ0) is 17.7. The minimum Gasteiger partial charge on any atom is -0.406 e. The number of thiocyanates is 1. The minimum atomic E-state index is -4.79. The summed E-state index contributed by atoms with van der Waals surface area (Å²) in [4.78, 5) is -0.420. The maximum atomic E-state index is 13.6. The average Bonchev–Trinajstić information content (AvgIpc) is 2.49. The number of rotatable bonds is 2. The number of benzene rings is 2. The van der Waals surface area contributed by atoms with Gasteiger partial charge in [-0.3, -0.25) is 0 Å². The number of thioether (sulfide) groups is 1. The highest BCUT2D eigenvalue weighted by Gasteiger charge is 2.30. The van der Waals surface area contributed by atoms with Gasteiger partial charge in [0.05, 0.1) is 4.90 Å². The van der Waals surface area contributed by atoms with E-state index in [1.54, 1.807) is 5.40 Å². The van der Waals surface area contributed by atoms with Crippen molar-refractivity contribution in [1.29, 1.82) is 5.26 Å². The molecule has 0 aliphatic rings. The second kappa shape index (κ2) is 7.24. The van der Waals surface area contributed by atoms with Gasteiger partial charge in [-0.05, 0) is 48.2 Å². The number of nitrogens with zero attached hydrogens (tertiary/aromatic N) is 1. The lowest BCUT2D eigenvalue weighted by Crippen LogP contribution is -2.16. The highest BCUT2D eigenvalue weighted by atomic mass is 32.2. The van der Waals surface area contributed by atoms with Gasteiger partial charge in [0, 0.05) is 11.1 Å². The van der Waals surface area contributed by atoms with Crippen molar-refractivity contribution < 1.29 is 26.7 Å². The van der Waals surface area contributed by atoms with Crippen molar-refractivity contribution in [3.63, 3.8) is 0 Å². The zero-order valence-corrected chi connectivity index (χ0v) is 12.4. The Bertz CT molecular complexity index is 821. The average molecular weight is 355 g/mol. The van der Waals surface area contributed by atoms with Crippen LogP contribution in [0.2, 0.25) is 0 Å². The van der Waals surface area contributed by atoms with Crippen LogP contribution >= 0.6 is 11.8 Å². The van der Waals surface area contributed by atoms with Crippen LogP contribution in [0, 0.1) is 34.1 Å². The molecule has 2 aromatic carbocycles. The summed E-state index contributed by atoms with van der Waals surface area (Å²) in [7, 11) is 0. The Labute approximate surface area is 137 Å². The van der Waals surface area contributed by atoms with Crippen LogP contribution in [0.15, 0.2) is 41.3 Å². The molecule has 8 heteroatoms. The fourth-order valence-corrected chi connectivity index (χ4v) is 2.06. The topological polar surface area (TPSA) is 33.0 Å². The zero-order valence-electron chi connectivity index (χ0n) is 11.6. The van der Waals surface area contributed by atoms with Gasteiger partial charge in [-0.25, -0.2) is 8.78 Å². The second-order valence-electron chi connectivity index (χ2n) is 4.28. The third kappa shape index (κ3) is 4.90. The molecule has 0 radical (unpaired) electrons. The second-order valence-corrected chi connectivity index (χ2v) is 5.08. The third-order valence-electron chi connectivity index (χ3n) is 2.59. The molecule has 2 nitrogen and oxygen atoms in total. The van der Waals surface area contributed by atoms with E-state index < -0.39 is 28.6 Å². The van der Waals surface area contributed by atoms with Crippen LogP contribution < -0.4 is 4.74 Å². The van der Waals surface area contributed by atoms with Crippen molar-refractivity contribution in [2.24, 2.45) is 0 Å². The van der Waals surface area contributed by atoms with Crippen LogP contribution in [0.1, 0.15) is 11.1 Å². The van der Waals surface area contributed by atoms with E-state index in [1.165, 1.54) is 12.1 Å². The molecule has 0 N–H and O–H groups in total. The molecule has 0 aliphatic carbocycles. The van der Waals surface area contributed by atoms with E-state index >= 15 is 0 Å². The predicted octanol–water partition coefficient (Wildman–Crippen LogP) is 4.84. The minimum absolute atomic E-state index is 0.0305. The van der Waals surface area contributed by atoms with E-state index in [2.05, 4.69) is 16.6 Å². The van der Waals surface area contributed by atoms with E-state index in [1.807, 2.05) is 0 Å². The molecule has 0 aliphatic heterocycles. The summed E-state index contributed by atoms with van der Waals surface area (Å²) in [6.45, 7) is 0. The molecule has 0 amide bonds. The highest BCUT2D eigenvalue weighted by Crippen LogP contribution is 2.25.